The number of aromatic amines is 1. The maximum absolute atomic E-state index is 14.0. The fourth-order valence-electron chi connectivity index (χ4n) is 3.60. The Balaban J connectivity index is 1.55. The van der Waals surface area contributed by atoms with Crippen LogP contribution in [-0.4, -0.2) is 36.7 Å². The maximum Gasteiger partial charge on any atom is 0.182 e. The topological polar surface area (TPSA) is 92.3 Å². The molecule has 0 bridgehead atoms. The Kier molecular flexibility index (Phi) is 4.87. The predicted octanol–water partition coefficient (Wildman–Crippen LogP) is 4.55. The Morgan fingerprint density at radius 3 is 2.71 bits per heavy atom. The fraction of sp³-hybridized carbons (Fsp3) is 0.0952. The van der Waals surface area contributed by atoms with Crippen molar-refractivity contribution in [2.24, 2.45) is 0 Å². The second-order valence-corrected chi connectivity index (χ2v) is 7.25. The molecule has 10 heteroatoms. The molecule has 0 saturated carbocycles. The molecule has 0 radical (unpaired) electrons. The Morgan fingerprint density at radius 1 is 1.03 bits per heavy atom. The summed E-state index contributed by atoms with van der Waals surface area (Å²) in [6.45, 7) is 0.470. The normalized spacial score (nSPS) is 11.3. The number of H-pyrrole nitrogens is 1. The van der Waals surface area contributed by atoms with E-state index in [0.717, 1.165) is 11.6 Å². The first-order valence-electron chi connectivity index (χ1n) is 9.37. The van der Waals surface area contributed by atoms with E-state index in [4.69, 9.17) is 11.6 Å². The summed E-state index contributed by atoms with van der Waals surface area (Å²) in [6, 6.07) is 6.89. The predicted molar refractivity (Wildman–Crippen MR) is 114 cm³/mol. The van der Waals surface area contributed by atoms with Crippen LogP contribution in [0, 0.1) is 11.6 Å². The van der Waals surface area contributed by atoms with Crippen molar-refractivity contribution in [1.82, 2.24) is 30.1 Å². The van der Waals surface area contributed by atoms with Crippen molar-refractivity contribution < 1.29 is 8.78 Å². The standard InChI is InChI=1S/C21H14ClF2N7/c22-16-7-11(1-3-25-20-19-21(27-9-26-19)29-10-28-20)17(18-15(16)2-4-30-31-18)12-5-13(23)8-14(24)6-12/h2,4-10H,1,3H2,(H2,25,26,27,28,29). The summed E-state index contributed by atoms with van der Waals surface area (Å²) in [4.78, 5) is 15.4. The van der Waals surface area contributed by atoms with Crippen LogP contribution in [0.3, 0.4) is 0 Å². The minimum atomic E-state index is -0.673. The number of nitrogens with one attached hydrogen (secondary N) is 2. The summed E-state index contributed by atoms with van der Waals surface area (Å²) in [5.41, 5.74) is 3.45. The third-order valence-corrected chi connectivity index (χ3v) is 5.21. The highest BCUT2D eigenvalue weighted by atomic mass is 35.5. The molecule has 0 spiro atoms. The molecule has 0 fully saturated rings. The lowest BCUT2D eigenvalue weighted by molar-refractivity contribution is 0.584. The molecule has 0 atom stereocenters. The van der Waals surface area contributed by atoms with Crippen molar-refractivity contribution in [2.45, 2.75) is 6.42 Å². The summed E-state index contributed by atoms with van der Waals surface area (Å²) in [7, 11) is 0. The van der Waals surface area contributed by atoms with Crippen molar-refractivity contribution in [2.75, 3.05) is 11.9 Å². The van der Waals surface area contributed by atoms with Gasteiger partial charge in [-0.1, -0.05) is 11.6 Å². The number of hydrogen-bond acceptors (Lipinski definition) is 6. The van der Waals surface area contributed by atoms with Crippen LogP contribution in [0.25, 0.3) is 33.2 Å². The van der Waals surface area contributed by atoms with E-state index in [1.54, 1.807) is 18.5 Å². The lowest BCUT2D eigenvalue weighted by Gasteiger charge is -2.15. The van der Waals surface area contributed by atoms with Gasteiger partial charge in [0.05, 0.1) is 17.5 Å². The summed E-state index contributed by atoms with van der Waals surface area (Å²) in [6.07, 6.45) is 4.98. The minimum absolute atomic E-state index is 0.368. The van der Waals surface area contributed by atoms with E-state index in [9.17, 15) is 8.78 Å². The molecule has 0 unspecified atom stereocenters. The second-order valence-electron chi connectivity index (χ2n) is 6.84. The molecule has 7 nitrogen and oxygen atoms in total. The van der Waals surface area contributed by atoms with Crippen molar-refractivity contribution >= 4 is 39.5 Å². The van der Waals surface area contributed by atoms with E-state index in [2.05, 4.69) is 35.5 Å². The molecule has 5 aromatic rings. The molecule has 2 N–H and O–H groups in total. The van der Waals surface area contributed by atoms with Crippen molar-refractivity contribution in [3.8, 4) is 11.1 Å². The van der Waals surface area contributed by atoms with Crippen LogP contribution in [0.5, 0.6) is 0 Å². The maximum atomic E-state index is 14.0. The van der Waals surface area contributed by atoms with Gasteiger partial charge in [-0.2, -0.15) is 5.10 Å². The Bertz CT molecular complexity index is 1400. The fourth-order valence-corrected chi connectivity index (χ4v) is 3.88. The first-order chi connectivity index (χ1) is 15.1. The quantitative estimate of drug-likeness (QED) is 0.419. The van der Waals surface area contributed by atoms with Gasteiger partial charge in [0, 0.05) is 23.6 Å². The van der Waals surface area contributed by atoms with E-state index < -0.39 is 11.6 Å². The van der Waals surface area contributed by atoms with E-state index in [1.807, 2.05) is 0 Å². The molecule has 31 heavy (non-hydrogen) atoms. The van der Waals surface area contributed by atoms with Crippen LogP contribution >= 0.6 is 11.6 Å². The summed E-state index contributed by atoms with van der Waals surface area (Å²) in [5.74, 6) is -0.741. The van der Waals surface area contributed by atoms with Gasteiger partial charge < -0.3 is 10.3 Å². The largest absolute Gasteiger partial charge is 0.368 e. The smallest absolute Gasteiger partial charge is 0.182 e. The number of anilines is 1. The molecule has 2 aromatic carbocycles. The molecule has 0 aliphatic rings. The van der Waals surface area contributed by atoms with Crippen LogP contribution in [0.1, 0.15) is 5.56 Å². The highest BCUT2D eigenvalue weighted by molar-refractivity contribution is 6.36. The van der Waals surface area contributed by atoms with Gasteiger partial charge in [0.1, 0.15) is 29.0 Å². The lowest BCUT2D eigenvalue weighted by Crippen LogP contribution is -2.08. The molecule has 5 rings (SSSR count). The van der Waals surface area contributed by atoms with E-state index >= 15 is 0 Å². The average Bonchev–Trinajstić information content (AvgIpc) is 3.23. The summed E-state index contributed by atoms with van der Waals surface area (Å²) < 4.78 is 28.0. The van der Waals surface area contributed by atoms with Gasteiger partial charge in [0.15, 0.2) is 11.5 Å². The van der Waals surface area contributed by atoms with Gasteiger partial charge in [-0.25, -0.2) is 23.7 Å². The number of aromatic nitrogens is 6. The first-order valence-corrected chi connectivity index (χ1v) is 9.75. The number of rotatable bonds is 5. The van der Waals surface area contributed by atoms with Crippen molar-refractivity contribution in [3.05, 3.63) is 71.4 Å². The number of halogens is 3. The third-order valence-electron chi connectivity index (χ3n) is 4.90. The zero-order valence-electron chi connectivity index (χ0n) is 15.9. The Hall–Kier alpha value is -3.72. The molecule has 0 aliphatic carbocycles. The summed E-state index contributed by atoms with van der Waals surface area (Å²) >= 11 is 6.47. The first kappa shape index (κ1) is 19.3. The zero-order valence-corrected chi connectivity index (χ0v) is 16.7. The Morgan fingerprint density at radius 2 is 1.87 bits per heavy atom. The molecule has 0 amide bonds. The minimum Gasteiger partial charge on any atom is -0.368 e. The van der Waals surface area contributed by atoms with Crippen LogP contribution in [0.4, 0.5) is 14.6 Å². The number of nitrogens with zero attached hydrogens (tertiary/aromatic N) is 5. The van der Waals surface area contributed by atoms with Crippen LogP contribution in [-0.2, 0) is 6.42 Å². The van der Waals surface area contributed by atoms with Crippen molar-refractivity contribution in [3.63, 3.8) is 0 Å². The molecule has 0 saturated heterocycles. The van der Waals surface area contributed by atoms with Crippen LogP contribution in [0.2, 0.25) is 5.02 Å². The zero-order chi connectivity index (χ0) is 21.4. The molecular formula is C21H14ClF2N7. The van der Waals surface area contributed by atoms with Gasteiger partial charge in [0.2, 0.25) is 0 Å². The molecule has 3 aromatic heterocycles. The van der Waals surface area contributed by atoms with Crippen molar-refractivity contribution in [1.29, 1.82) is 0 Å². The van der Waals surface area contributed by atoms with Crippen LogP contribution in [0.15, 0.2) is 49.2 Å². The number of fused-ring (bicyclic) bond motifs is 2. The third kappa shape index (κ3) is 3.64. The molecule has 0 aliphatic heterocycles. The van der Waals surface area contributed by atoms with Crippen LogP contribution < -0.4 is 5.32 Å². The second kappa shape index (κ2) is 7.84. The lowest BCUT2D eigenvalue weighted by atomic mass is 9.94. The number of benzene rings is 2. The monoisotopic (exact) mass is 437 g/mol. The highest BCUT2D eigenvalue weighted by Crippen LogP contribution is 2.36. The van der Waals surface area contributed by atoms with E-state index in [0.29, 0.717) is 57.0 Å². The van der Waals surface area contributed by atoms with Gasteiger partial charge >= 0.3 is 0 Å². The SMILES string of the molecule is Fc1cc(F)cc(-c2c(CCNc3ncnc4nc[nH]c34)cc(Cl)c3ccnnc23)c1. The van der Waals surface area contributed by atoms with E-state index in [1.165, 1.54) is 24.7 Å². The van der Waals surface area contributed by atoms with E-state index in [-0.39, 0.29) is 0 Å². The van der Waals surface area contributed by atoms with Gasteiger partial charge in [-0.15, -0.1) is 5.10 Å². The Labute approximate surface area is 179 Å². The number of hydrogen-bond donors (Lipinski definition) is 2. The van der Waals surface area contributed by atoms with Gasteiger partial charge in [-0.3, -0.25) is 0 Å². The van der Waals surface area contributed by atoms with Gasteiger partial charge in [0.25, 0.3) is 0 Å². The molecule has 154 valence electrons. The number of imidazole rings is 1. The average molecular weight is 438 g/mol. The summed E-state index contributed by atoms with van der Waals surface area (Å²) in [5, 5.41) is 12.5. The molecule has 3 heterocycles. The van der Waals surface area contributed by atoms with Gasteiger partial charge in [-0.05, 0) is 41.8 Å². The molecular weight excluding hydrogens is 424 g/mol. The highest BCUT2D eigenvalue weighted by Gasteiger charge is 2.16.